The molecule has 0 aromatic carbocycles. The van der Waals surface area contributed by atoms with E-state index in [0.29, 0.717) is 0 Å². The van der Waals surface area contributed by atoms with Crippen molar-refractivity contribution < 1.29 is 32.3 Å². The molecule has 0 aliphatic carbocycles. The molecule has 0 bridgehead atoms. The Morgan fingerprint density at radius 3 is 1.67 bits per heavy atom. The average molecular weight is 291 g/mol. The van der Waals surface area contributed by atoms with Gasteiger partial charge in [-0.1, -0.05) is 0 Å². The van der Waals surface area contributed by atoms with Crippen molar-refractivity contribution in [1.29, 1.82) is 0 Å². The minimum atomic E-state index is -0.833. The summed E-state index contributed by atoms with van der Waals surface area (Å²) in [6.07, 6.45) is 0. The third kappa shape index (κ3) is 184. The zero-order chi connectivity index (χ0) is 3.58. The summed E-state index contributed by atoms with van der Waals surface area (Å²) in [5.41, 5.74) is 0. The SMILES string of the molecule is CC(=O)O.S.[Au]. The van der Waals surface area contributed by atoms with E-state index in [1.165, 1.54) is 0 Å². The molecule has 0 aliphatic heterocycles. The van der Waals surface area contributed by atoms with Crippen molar-refractivity contribution in [3.05, 3.63) is 0 Å². The van der Waals surface area contributed by atoms with Crippen LogP contribution >= 0.6 is 13.5 Å². The molecule has 0 aliphatic rings. The molecule has 0 unspecified atom stereocenters. The Hall–Kier alpha value is 0.560. The average Bonchev–Trinajstić information content (AvgIpc) is 0.811. The van der Waals surface area contributed by atoms with E-state index >= 15 is 0 Å². The van der Waals surface area contributed by atoms with Gasteiger partial charge >= 0.3 is 0 Å². The third-order valence-electron chi connectivity index (χ3n) is 0. The van der Waals surface area contributed by atoms with Crippen molar-refractivity contribution in [2.24, 2.45) is 0 Å². The van der Waals surface area contributed by atoms with Gasteiger partial charge in [0, 0.05) is 29.3 Å². The van der Waals surface area contributed by atoms with E-state index in [-0.39, 0.29) is 35.9 Å². The van der Waals surface area contributed by atoms with Gasteiger partial charge in [0.1, 0.15) is 0 Å². The molecule has 0 rings (SSSR count). The first-order valence-electron chi connectivity index (χ1n) is 0.928. The molecule has 0 saturated carbocycles. The molecule has 0 spiro atoms. The van der Waals surface area contributed by atoms with Crippen LogP contribution in [0.1, 0.15) is 6.92 Å². The summed E-state index contributed by atoms with van der Waals surface area (Å²) in [6.45, 7) is 1.08. The molecule has 43 valence electrons. The third-order valence-corrected chi connectivity index (χ3v) is 0. The Kier molecular flexibility index (Phi) is 24.3. The van der Waals surface area contributed by atoms with Crippen molar-refractivity contribution in [2.45, 2.75) is 6.92 Å². The summed E-state index contributed by atoms with van der Waals surface area (Å²) >= 11 is 0. The standard InChI is InChI=1S/C2H4O2.Au.H2S/c1-2(3)4;;/h1H3,(H,3,4);;1H2. The molecular formula is C2H6AuO2S. The zero-order valence-corrected chi connectivity index (χ0v) is 6.32. The van der Waals surface area contributed by atoms with E-state index in [1.807, 2.05) is 0 Å². The molecule has 0 saturated heterocycles. The van der Waals surface area contributed by atoms with Gasteiger partial charge in [-0.2, -0.15) is 13.5 Å². The van der Waals surface area contributed by atoms with E-state index < -0.39 is 5.97 Å². The van der Waals surface area contributed by atoms with Crippen LogP contribution in [0.2, 0.25) is 0 Å². The zero-order valence-electron chi connectivity index (χ0n) is 3.16. The van der Waals surface area contributed by atoms with Crippen LogP contribution in [0.5, 0.6) is 0 Å². The predicted molar refractivity (Wildman–Crippen MR) is 23.7 cm³/mol. The molecule has 1 N–H and O–H groups in total. The molecule has 0 atom stereocenters. The summed E-state index contributed by atoms with van der Waals surface area (Å²) < 4.78 is 0. The number of carboxylic acid groups (broad SMARTS) is 1. The van der Waals surface area contributed by atoms with Crippen LogP contribution in [0.3, 0.4) is 0 Å². The van der Waals surface area contributed by atoms with E-state index in [0.717, 1.165) is 6.92 Å². The van der Waals surface area contributed by atoms with E-state index in [4.69, 9.17) is 9.90 Å². The van der Waals surface area contributed by atoms with Crippen molar-refractivity contribution in [1.82, 2.24) is 0 Å². The van der Waals surface area contributed by atoms with Gasteiger partial charge in [-0.05, 0) is 0 Å². The molecular weight excluding hydrogens is 285 g/mol. The Balaban J connectivity index is -0.0000000450. The minimum Gasteiger partial charge on any atom is -0.481 e. The Labute approximate surface area is 58.9 Å². The van der Waals surface area contributed by atoms with Crippen LogP contribution in [-0.2, 0) is 27.2 Å². The van der Waals surface area contributed by atoms with Crippen molar-refractivity contribution in [3.63, 3.8) is 0 Å². The summed E-state index contributed by atoms with van der Waals surface area (Å²) in [5.74, 6) is -0.833. The van der Waals surface area contributed by atoms with Crippen LogP contribution in [-0.4, -0.2) is 11.1 Å². The maximum atomic E-state index is 9.00. The van der Waals surface area contributed by atoms with Crippen LogP contribution in [0, 0.1) is 0 Å². The second kappa shape index (κ2) is 9.12. The smallest absolute Gasteiger partial charge is 0.300 e. The van der Waals surface area contributed by atoms with Crippen LogP contribution in [0.4, 0.5) is 0 Å². The number of rotatable bonds is 0. The molecule has 4 heteroatoms. The summed E-state index contributed by atoms with van der Waals surface area (Å²) in [5, 5.41) is 7.42. The van der Waals surface area contributed by atoms with Gasteiger partial charge in [0.25, 0.3) is 5.97 Å². The quantitative estimate of drug-likeness (QED) is 0.648. The first kappa shape index (κ1) is 16.0. The van der Waals surface area contributed by atoms with Gasteiger partial charge in [0.05, 0.1) is 0 Å². The molecule has 2 nitrogen and oxygen atoms in total. The maximum absolute atomic E-state index is 9.00. The summed E-state index contributed by atoms with van der Waals surface area (Å²) in [6, 6.07) is 0. The second-order valence-electron chi connectivity index (χ2n) is 0.519. The molecule has 6 heavy (non-hydrogen) atoms. The molecule has 0 amide bonds. The van der Waals surface area contributed by atoms with E-state index in [9.17, 15) is 0 Å². The fraction of sp³-hybridized carbons (Fsp3) is 0.500. The fourth-order valence-electron chi connectivity index (χ4n) is 0. The van der Waals surface area contributed by atoms with Crippen LogP contribution in [0.25, 0.3) is 0 Å². The van der Waals surface area contributed by atoms with Crippen molar-refractivity contribution in [3.8, 4) is 0 Å². The number of carboxylic acids is 1. The molecule has 0 fully saturated rings. The summed E-state index contributed by atoms with van der Waals surface area (Å²) in [4.78, 5) is 9.00. The van der Waals surface area contributed by atoms with Crippen molar-refractivity contribution in [2.75, 3.05) is 0 Å². The Morgan fingerprint density at radius 2 is 1.67 bits per heavy atom. The van der Waals surface area contributed by atoms with Crippen LogP contribution < -0.4 is 0 Å². The molecule has 0 heterocycles. The van der Waals surface area contributed by atoms with E-state index in [2.05, 4.69) is 0 Å². The van der Waals surface area contributed by atoms with Crippen LogP contribution in [0.15, 0.2) is 0 Å². The minimum absolute atomic E-state index is 0. The molecule has 0 aromatic heterocycles. The number of aliphatic carboxylic acids is 1. The Morgan fingerprint density at radius 1 is 1.67 bits per heavy atom. The topological polar surface area (TPSA) is 37.3 Å². The number of hydrogen-bond donors (Lipinski definition) is 1. The molecule has 1 radical (unpaired) electrons. The van der Waals surface area contributed by atoms with Gasteiger partial charge < -0.3 is 5.11 Å². The predicted octanol–water partition coefficient (Wildman–Crippen LogP) is 0.201. The largest absolute Gasteiger partial charge is 0.481 e. The molecule has 0 aromatic rings. The monoisotopic (exact) mass is 291 g/mol. The van der Waals surface area contributed by atoms with Crippen molar-refractivity contribution >= 4 is 19.5 Å². The fourth-order valence-corrected chi connectivity index (χ4v) is 0. The Bertz CT molecular complexity index is 34.5. The summed E-state index contributed by atoms with van der Waals surface area (Å²) in [7, 11) is 0. The second-order valence-corrected chi connectivity index (χ2v) is 0.519. The van der Waals surface area contributed by atoms with Gasteiger partial charge in [-0.15, -0.1) is 0 Å². The number of hydrogen-bond acceptors (Lipinski definition) is 1. The normalized spacial score (nSPS) is 4.17. The maximum Gasteiger partial charge on any atom is 0.300 e. The van der Waals surface area contributed by atoms with Gasteiger partial charge in [0.2, 0.25) is 0 Å². The number of carbonyl (C=O) groups is 1. The first-order chi connectivity index (χ1) is 1.73. The van der Waals surface area contributed by atoms with Gasteiger partial charge in [-0.25, -0.2) is 0 Å². The van der Waals surface area contributed by atoms with Gasteiger partial charge in [0.15, 0.2) is 0 Å². The first-order valence-corrected chi connectivity index (χ1v) is 0.928. The van der Waals surface area contributed by atoms with E-state index in [1.54, 1.807) is 0 Å². The van der Waals surface area contributed by atoms with Gasteiger partial charge in [-0.3, -0.25) is 4.79 Å².